The summed E-state index contributed by atoms with van der Waals surface area (Å²) in [5.41, 5.74) is 2.20. The average molecular weight is 385 g/mol. The fourth-order valence-electron chi connectivity index (χ4n) is 3.18. The van der Waals surface area contributed by atoms with Gasteiger partial charge >= 0.3 is 5.97 Å². The van der Waals surface area contributed by atoms with E-state index < -0.39 is 5.97 Å². The molecule has 0 spiro atoms. The molecule has 0 unspecified atom stereocenters. The zero-order valence-electron chi connectivity index (χ0n) is 16.1. The molecule has 0 saturated carbocycles. The zero-order valence-corrected chi connectivity index (χ0v) is 16.1. The molecule has 2 aliphatic rings. The SMILES string of the molecule is O=C(COC(=O)/C=C/c1ccc2c(c1)OCCCO2)NCCC1=CCCCC1. The van der Waals surface area contributed by atoms with Crippen molar-refractivity contribution in [2.75, 3.05) is 26.4 Å². The highest BCUT2D eigenvalue weighted by Crippen LogP contribution is 2.30. The summed E-state index contributed by atoms with van der Waals surface area (Å²) in [7, 11) is 0. The summed E-state index contributed by atoms with van der Waals surface area (Å²) >= 11 is 0. The van der Waals surface area contributed by atoms with Crippen molar-refractivity contribution in [1.82, 2.24) is 5.32 Å². The first kappa shape index (κ1) is 20.0. The largest absolute Gasteiger partial charge is 0.490 e. The van der Waals surface area contributed by atoms with E-state index in [1.807, 2.05) is 18.2 Å². The van der Waals surface area contributed by atoms with E-state index in [4.69, 9.17) is 14.2 Å². The third-order valence-corrected chi connectivity index (χ3v) is 4.68. The number of amides is 1. The summed E-state index contributed by atoms with van der Waals surface area (Å²) in [6.07, 6.45) is 11.6. The van der Waals surface area contributed by atoms with Crippen LogP contribution in [0.1, 0.15) is 44.1 Å². The Morgan fingerprint density at radius 2 is 1.96 bits per heavy atom. The zero-order chi connectivity index (χ0) is 19.6. The summed E-state index contributed by atoms with van der Waals surface area (Å²) in [6, 6.07) is 5.47. The number of carbonyl (C=O) groups excluding carboxylic acids is 2. The first-order valence-electron chi connectivity index (χ1n) is 9.90. The molecule has 1 aromatic rings. The molecule has 1 heterocycles. The van der Waals surface area contributed by atoms with E-state index in [0.717, 1.165) is 31.2 Å². The Morgan fingerprint density at radius 3 is 2.79 bits per heavy atom. The number of hydrogen-bond acceptors (Lipinski definition) is 5. The summed E-state index contributed by atoms with van der Waals surface area (Å²) in [6.45, 7) is 1.54. The van der Waals surface area contributed by atoms with Crippen LogP contribution in [0.15, 0.2) is 35.9 Å². The monoisotopic (exact) mass is 385 g/mol. The third kappa shape index (κ3) is 6.44. The van der Waals surface area contributed by atoms with Gasteiger partial charge in [0.2, 0.25) is 0 Å². The van der Waals surface area contributed by atoms with Crippen LogP contribution in [0.5, 0.6) is 11.5 Å². The quantitative estimate of drug-likeness (QED) is 0.442. The maximum atomic E-state index is 11.8. The van der Waals surface area contributed by atoms with Gasteiger partial charge in [-0.1, -0.05) is 17.7 Å². The summed E-state index contributed by atoms with van der Waals surface area (Å²) in [5, 5.41) is 2.79. The van der Waals surface area contributed by atoms with Crippen LogP contribution in [-0.4, -0.2) is 38.2 Å². The van der Waals surface area contributed by atoms with Crippen LogP contribution >= 0.6 is 0 Å². The van der Waals surface area contributed by atoms with Crippen molar-refractivity contribution >= 4 is 18.0 Å². The Bertz CT molecular complexity index is 753. The van der Waals surface area contributed by atoms with Crippen LogP contribution in [0.25, 0.3) is 6.08 Å². The minimum Gasteiger partial charge on any atom is -0.490 e. The predicted octanol–water partition coefficient (Wildman–Crippen LogP) is 3.41. The van der Waals surface area contributed by atoms with E-state index in [1.54, 1.807) is 6.08 Å². The first-order chi connectivity index (χ1) is 13.7. The molecule has 3 rings (SSSR count). The second-order valence-corrected chi connectivity index (χ2v) is 6.91. The Balaban J connectivity index is 1.38. The molecule has 0 bridgehead atoms. The normalized spacial score (nSPS) is 16.2. The van der Waals surface area contributed by atoms with Crippen LogP contribution < -0.4 is 14.8 Å². The smallest absolute Gasteiger partial charge is 0.331 e. The number of esters is 1. The van der Waals surface area contributed by atoms with Crippen molar-refractivity contribution in [3.63, 3.8) is 0 Å². The number of fused-ring (bicyclic) bond motifs is 1. The number of rotatable bonds is 7. The fraction of sp³-hybridized carbons (Fsp3) is 0.455. The number of carbonyl (C=O) groups is 2. The lowest BCUT2D eigenvalue weighted by Crippen LogP contribution is -2.29. The van der Waals surface area contributed by atoms with E-state index in [9.17, 15) is 9.59 Å². The van der Waals surface area contributed by atoms with E-state index >= 15 is 0 Å². The van der Waals surface area contributed by atoms with Crippen molar-refractivity contribution in [1.29, 1.82) is 0 Å². The molecule has 1 amide bonds. The van der Waals surface area contributed by atoms with Gasteiger partial charge in [0.05, 0.1) is 13.2 Å². The summed E-state index contributed by atoms with van der Waals surface area (Å²) in [5.74, 6) is 0.532. The molecule has 0 atom stereocenters. The van der Waals surface area contributed by atoms with Gasteiger partial charge in [-0.15, -0.1) is 0 Å². The minimum absolute atomic E-state index is 0.274. The molecular formula is C22H27NO5. The fourth-order valence-corrected chi connectivity index (χ4v) is 3.18. The molecule has 1 N–H and O–H groups in total. The van der Waals surface area contributed by atoms with Gasteiger partial charge in [-0.2, -0.15) is 0 Å². The highest BCUT2D eigenvalue weighted by atomic mass is 16.5. The van der Waals surface area contributed by atoms with Gasteiger partial charge in [-0.25, -0.2) is 4.79 Å². The van der Waals surface area contributed by atoms with Gasteiger partial charge in [0.1, 0.15) is 0 Å². The van der Waals surface area contributed by atoms with Gasteiger partial charge in [0.15, 0.2) is 18.1 Å². The average Bonchev–Trinajstić information content (AvgIpc) is 2.96. The number of nitrogens with one attached hydrogen (secondary N) is 1. The van der Waals surface area contributed by atoms with Crippen LogP contribution in [-0.2, 0) is 14.3 Å². The molecule has 0 fully saturated rings. The lowest BCUT2D eigenvalue weighted by atomic mass is 9.97. The van der Waals surface area contributed by atoms with Crippen molar-refractivity contribution in [2.24, 2.45) is 0 Å². The molecule has 0 aromatic heterocycles. The molecule has 1 aliphatic carbocycles. The molecule has 1 aromatic carbocycles. The van der Waals surface area contributed by atoms with Gasteiger partial charge in [-0.05, 0) is 55.9 Å². The van der Waals surface area contributed by atoms with Crippen molar-refractivity contribution in [3.05, 3.63) is 41.5 Å². The Kier molecular flexibility index (Phi) is 7.53. The van der Waals surface area contributed by atoms with Gasteiger partial charge < -0.3 is 19.5 Å². The molecule has 0 radical (unpaired) electrons. The lowest BCUT2D eigenvalue weighted by Gasteiger charge is -2.12. The maximum Gasteiger partial charge on any atom is 0.331 e. The Morgan fingerprint density at radius 1 is 1.11 bits per heavy atom. The third-order valence-electron chi connectivity index (χ3n) is 4.68. The van der Waals surface area contributed by atoms with E-state index in [0.29, 0.717) is 31.3 Å². The number of ether oxygens (including phenoxy) is 3. The summed E-state index contributed by atoms with van der Waals surface area (Å²) in [4.78, 5) is 23.6. The molecule has 6 heteroatoms. The molecule has 6 nitrogen and oxygen atoms in total. The van der Waals surface area contributed by atoms with Crippen molar-refractivity contribution in [2.45, 2.75) is 38.5 Å². The van der Waals surface area contributed by atoms with Crippen molar-refractivity contribution in [3.8, 4) is 11.5 Å². The van der Waals surface area contributed by atoms with Gasteiger partial charge in [-0.3, -0.25) is 4.79 Å². The number of allylic oxidation sites excluding steroid dienone is 1. The highest BCUT2D eigenvalue weighted by Gasteiger charge is 2.10. The van der Waals surface area contributed by atoms with Crippen LogP contribution in [0.2, 0.25) is 0 Å². The van der Waals surface area contributed by atoms with Crippen LogP contribution in [0, 0.1) is 0 Å². The second kappa shape index (κ2) is 10.5. The second-order valence-electron chi connectivity index (χ2n) is 6.91. The van der Waals surface area contributed by atoms with Crippen LogP contribution in [0.4, 0.5) is 0 Å². The Hall–Kier alpha value is -2.76. The van der Waals surface area contributed by atoms with E-state index in [1.165, 1.54) is 24.5 Å². The predicted molar refractivity (Wildman–Crippen MR) is 106 cm³/mol. The molecule has 28 heavy (non-hydrogen) atoms. The van der Waals surface area contributed by atoms with Gasteiger partial charge in [0.25, 0.3) is 5.91 Å². The Labute approximate surface area is 165 Å². The maximum absolute atomic E-state index is 11.8. The van der Waals surface area contributed by atoms with Crippen molar-refractivity contribution < 1.29 is 23.8 Å². The standard InChI is InChI=1S/C22H27NO5/c24-21(23-12-11-17-5-2-1-3-6-17)16-28-22(25)10-8-18-7-9-19-20(15-18)27-14-4-13-26-19/h5,7-10,15H,1-4,6,11-14,16H2,(H,23,24)/b10-8+. The van der Waals surface area contributed by atoms with Crippen LogP contribution in [0.3, 0.4) is 0 Å². The number of hydrogen-bond donors (Lipinski definition) is 1. The minimum atomic E-state index is -0.558. The highest BCUT2D eigenvalue weighted by molar-refractivity contribution is 5.89. The molecule has 1 aliphatic heterocycles. The lowest BCUT2D eigenvalue weighted by molar-refractivity contribution is -0.143. The molecule has 0 saturated heterocycles. The summed E-state index contributed by atoms with van der Waals surface area (Å²) < 4.78 is 16.2. The molecular weight excluding hydrogens is 358 g/mol. The van der Waals surface area contributed by atoms with Gasteiger partial charge in [0, 0.05) is 19.0 Å². The van der Waals surface area contributed by atoms with E-state index in [-0.39, 0.29) is 12.5 Å². The van der Waals surface area contributed by atoms with E-state index in [2.05, 4.69) is 11.4 Å². The number of benzene rings is 1. The molecule has 150 valence electrons. The topological polar surface area (TPSA) is 73.9 Å². The first-order valence-corrected chi connectivity index (χ1v) is 9.90.